The molecule has 1 aliphatic heterocycles. The fourth-order valence-corrected chi connectivity index (χ4v) is 5.35. The SMILES string of the molecule is NC(=O)N(c1ccc(F)cc1)c1cccc(C(=O)N2CCN(Cc3cnc[nH]3)c3ccc(-c4ccccc4)cc3C2)c1. The number of rotatable bonds is 6. The minimum Gasteiger partial charge on any atom is -0.364 e. The number of hydrogen-bond acceptors (Lipinski definition) is 4. The first-order valence-electron chi connectivity index (χ1n) is 13.6. The molecule has 0 spiro atoms. The van der Waals surface area contributed by atoms with Crippen molar-refractivity contribution in [2.24, 2.45) is 5.73 Å². The van der Waals surface area contributed by atoms with Crippen molar-refractivity contribution >= 4 is 29.0 Å². The van der Waals surface area contributed by atoms with Crippen LogP contribution in [0.3, 0.4) is 0 Å². The molecule has 0 radical (unpaired) electrons. The quantitative estimate of drug-likeness (QED) is 0.262. The van der Waals surface area contributed by atoms with E-state index < -0.39 is 11.8 Å². The number of fused-ring (bicyclic) bond motifs is 1. The van der Waals surface area contributed by atoms with E-state index in [0.29, 0.717) is 43.1 Å². The Morgan fingerprint density at radius 3 is 2.43 bits per heavy atom. The molecule has 0 saturated carbocycles. The van der Waals surface area contributed by atoms with Crippen LogP contribution in [0.2, 0.25) is 0 Å². The summed E-state index contributed by atoms with van der Waals surface area (Å²) in [6.45, 7) is 2.14. The van der Waals surface area contributed by atoms with Crippen LogP contribution >= 0.6 is 0 Å². The molecular formula is C33H29FN6O2. The minimum atomic E-state index is -0.738. The summed E-state index contributed by atoms with van der Waals surface area (Å²) in [6.07, 6.45) is 3.47. The smallest absolute Gasteiger partial charge is 0.323 e. The van der Waals surface area contributed by atoms with E-state index >= 15 is 0 Å². The lowest BCUT2D eigenvalue weighted by atomic mass is 10.0. The molecule has 8 nitrogen and oxygen atoms in total. The third-order valence-electron chi connectivity index (χ3n) is 7.39. The Bertz CT molecular complexity index is 1710. The molecular weight excluding hydrogens is 531 g/mol. The van der Waals surface area contributed by atoms with Gasteiger partial charge >= 0.3 is 6.03 Å². The van der Waals surface area contributed by atoms with Crippen LogP contribution in [0.25, 0.3) is 11.1 Å². The van der Waals surface area contributed by atoms with Gasteiger partial charge in [0.05, 0.1) is 29.9 Å². The molecule has 0 unspecified atom stereocenters. The first-order valence-corrected chi connectivity index (χ1v) is 13.6. The molecule has 4 aromatic carbocycles. The van der Waals surface area contributed by atoms with Crippen LogP contribution in [-0.2, 0) is 13.1 Å². The van der Waals surface area contributed by atoms with Crippen molar-refractivity contribution in [3.8, 4) is 11.1 Å². The largest absolute Gasteiger partial charge is 0.364 e. The van der Waals surface area contributed by atoms with E-state index in [1.807, 2.05) is 29.3 Å². The molecule has 9 heteroatoms. The normalized spacial score (nSPS) is 12.9. The first-order chi connectivity index (χ1) is 20.5. The Morgan fingerprint density at radius 1 is 0.881 bits per heavy atom. The maximum atomic E-state index is 14.0. The number of primary amides is 1. The number of aromatic amines is 1. The van der Waals surface area contributed by atoms with E-state index in [2.05, 4.69) is 45.2 Å². The lowest BCUT2D eigenvalue weighted by molar-refractivity contribution is 0.0751. The number of urea groups is 1. The Hall–Kier alpha value is -5.44. The maximum Gasteiger partial charge on any atom is 0.323 e. The van der Waals surface area contributed by atoms with Gasteiger partial charge in [-0.05, 0) is 71.3 Å². The molecule has 2 heterocycles. The number of anilines is 3. The van der Waals surface area contributed by atoms with Crippen molar-refractivity contribution in [2.45, 2.75) is 13.1 Å². The summed E-state index contributed by atoms with van der Waals surface area (Å²) in [4.78, 5) is 39.1. The second kappa shape index (κ2) is 11.6. The Labute approximate surface area is 242 Å². The monoisotopic (exact) mass is 560 g/mol. The molecule has 5 aromatic rings. The van der Waals surface area contributed by atoms with E-state index in [0.717, 1.165) is 28.1 Å². The van der Waals surface area contributed by atoms with Crippen molar-refractivity contribution in [2.75, 3.05) is 22.9 Å². The van der Waals surface area contributed by atoms with Crippen molar-refractivity contribution in [3.63, 3.8) is 0 Å². The zero-order valence-corrected chi connectivity index (χ0v) is 22.8. The number of carbonyl (C=O) groups is 2. The second-order valence-corrected chi connectivity index (χ2v) is 10.1. The number of nitrogens with one attached hydrogen (secondary N) is 1. The Morgan fingerprint density at radius 2 is 1.69 bits per heavy atom. The standard InChI is InChI=1S/C33H29FN6O2/c34-27-10-12-29(13-11-27)40(33(35)42)30-8-4-7-25(18-30)32(41)39-16-15-38(21-28-19-36-22-37-28)31-14-9-24(17-26(31)20-39)23-5-2-1-3-6-23/h1-14,17-19,22H,15-16,20-21H2,(H2,35,42)(H,36,37). The van der Waals surface area contributed by atoms with E-state index in [9.17, 15) is 14.0 Å². The molecule has 0 bridgehead atoms. The number of imidazole rings is 1. The van der Waals surface area contributed by atoms with Crippen LogP contribution in [0.15, 0.2) is 110 Å². The summed E-state index contributed by atoms with van der Waals surface area (Å²) >= 11 is 0. The average Bonchev–Trinajstić information content (AvgIpc) is 3.46. The molecule has 1 aliphatic rings. The predicted octanol–water partition coefficient (Wildman–Crippen LogP) is 6.10. The van der Waals surface area contributed by atoms with E-state index in [4.69, 9.17) is 5.73 Å². The first kappa shape index (κ1) is 26.8. The lowest BCUT2D eigenvalue weighted by Gasteiger charge is -2.25. The van der Waals surface area contributed by atoms with Crippen LogP contribution in [0.1, 0.15) is 21.6 Å². The molecule has 0 atom stereocenters. The zero-order valence-electron chi connectivity index (χ0n) is 22.8. The highest BCUT2D eigenvalue weighted by Gasteiger charge is 2.26. The number of nitrogens with two attached hydrogens (primary N) is 1. The number of halogens is 1. The number of benzene rings is 4. The Kier molecular flexibility index (Phi) is 7.38. The summed E-state index contributed by atoms with van der Waals surface area (Å²) in [5, 5.41) is 0. The molecule has 0 aliphatic carbocycles. The fourth-order valence-electron chi connectivity index (χ4n) is 5.35. The number of amides is 3. The van der Waals surface area contributed by atoms with Gasteiger partial charge in [0.1, 0.15) is 5.82 Å². The molecule has 3 N–H and O–H groups in total. The highest BCUT2D eigenvalue weighted by Crippen LogP contribution is 2.32. The van der Waals surface area contributed by atoms with Gasteiger partial charge in [-0.1, -0.05) is 42.5 Å². The van der Waals surface area contributed by atoms with Crippen LogP contribution in [-0.4, -0.2) is 39.9 Å². The van der Waals surface area contributed by atoms with Gasteiger partial charge in [-0.3, -0.25) is 9.69 Å². The Balaban J connectivity index is 1.33. The molecule has 42 heavy (non-hydrogen) atoms. The van der Waals surface area contributed by atoms with Crippen molar-refractivity contribution in [1.29, 1.82) is 0 Å². The van der Waals surface area contributed by atoms with Gasteiger partial charge in [-0.15, -0.1) is 0 Å². The highest BCUT2D eigenvalue weighted by atomic mass is 19.1. The van der Waals surface area contributed by atoms with Crippen LogP contribution in [0, 0.1) is 5.82 Å². The summed E-state index contributed by atoms with van der Waals surface area (Å²) < 4.78 is 13.5. The predicted molar refractivity (Wildman–Crippen MR) is 161 cm³/mol. The van der Waals surface area contributed by atoms with Gasteiger partial charge in [0.25, 0.3) is 5.91 Å². The van der Waals surface area contributed by atoms with Crippen molar-refractivity contribution < 1.29 is 14.0 Å². The number of aromatic nitrogens is 2. The van der Waals surface area contributed by atoms with Gasteiger partial charge in [-0.25, -0.2) is 14.2 Å². The summed E-state index contributed by atoms with van der Waals surface area (Å²) in [5.41, 5.74) is 12.2. The van der Waals surface area contributed by atoms with E-state index in [1.54, 1.807) is 30.6 Å². The van der Waals surface area contributed by atoms with Gasteiger partial charge in [0.2, 0.25) is 0 Å². The highest BCUT2D eigenvalue weighted by molar-refractivity contribution is 6.01. The lowest BCUT2D eigenvalue weighted by Crippen LogP contribution is -2.35. The van der Waals surface area contributed by atoms with E-state index in [-0.39, 0.29) is 5.91 Å². The molecule has 6 rings (SSSR count). The third-order valence-corrected chi connectivity index (χ3v) is 7.39. The third kappa shape index (κ3) is 5.57. The molecule has 3 amide bonds. The molecule has 0 fully saturated rings. The average molecular weight is 561 g/mol. The zero-order chi connectivity index (χ0) is 29.1. The molecule has 1 aromatic heterocycles. The van der Waals surface area contributed by atoms with Crippen LogP contribution < -0.4 is 15.5 Å². The topological polar surface area (TPSA) is 98.6 Å². The second-order valence-electron chi connectivity index (χ2n) is 10.1. The van der Waals surface area contributed by atoms with E-state index in [1.165, 1.54) is 29.2 Å². The summed E-state index contributed by atoms with van der Waals surface area (Å²) in [5.74, 6) is -0.592. The van der Waals surface area contributed by atoms with Crippen molar-refractivity contribution in [1.82, 2.24) is 14.9 Å². The molecule has 0 saturated heterocycles. The fraction of sp³-hybridized carbons (Fsp3) is 0.121. The number of H-pyrrole nitrogens is 1. The van der Waals surface area contributed by atoms with Gasteiger partial charge in [-0.2, -0.15) is 0 Å². The van der Waals surface area contributed by atoms with Crippen molar-refractivity contribution in [3.05, 3.63) is 132 Å². The van der Waals surface area contributed by atoms with Gasteiger partial charge in [0.15, 0.2) is 0 Å². The molecule has 210 valence electrons. The summed E-state index contributed by atoms with van der Waals surface area (Å²) in [6, 6.07) is 28.0. The minimum absolute atomic E-state index is 0.167. The van der Waals surface area contributed by atoms with Gasteiger partial charge < -0.3 is 20.5 Å². The van der Waals surface area contributed by atoms with Crippen LogP contribution in [0.5, 0.6) is 0 Å². The summed E-state index contributed by atoms with van der Waals surface area (Å²) in [7, 11) is 0. The maximum absolute atomic E-state index is 14.0. The number of carbonyl (C=O) groups excluding carboxylic acids is 2. The number of nitrogens with zero attached hydrogens (tertiary/aromatic N) is 4. The number of hydrogen-bond donors (Lipinski definition) is 2. The van der Waals surface area contributed by atoms with Crippen LogP contribution in [0.4, 0.5) is 26.2 Å². The van der Waals surface area contributed by atoms with Gasteiger partial charge in [0, 0.05) is 37.1 Å².